The fourth-order valence-corrected chi connectivity index (χ4v) is 3.16. The van der Waals surface area contributed by atoms with Crippen LogP contribution in [-0.4, -0.2) is 17.9 Å². The van der Waals surface area contributed by atoms with Gasteiger partial charge in [0, 0.05) is 18.2 Å². The molecule has 2 fully saturated rings. The number of amides is 2. The second-order valence-corrected chi connectivity index (χ2v) is 7.22. The highest BCUT2D eigenvalue weighted by molar-refractivity contribution is 5.94. The van der Waals surface area contributed by atoms with Crippen LogP contribution in [0.15, 0.2) is 48.5 Å². The van der Waals surface area contributed by atoms with E-state index in [4.69, 9.17) is 0 Å². The highest BCUT2D eigenvalue weighted by Crippen LogP contribution is 2.48. The van der Waals surface area contributed by atoms with Crippen molar-refractivity contribution in [2.45, 2.75) is 43.7 Å². The van der Waals surface area contributed by atoms with Gasteiger partial charge in [-0.15, -0.1) is 0 Å². The molecule has 2 aromatic rings. The Morgan fingerprint density at radius 2 is 1.65 bits per heavy atom. The van der Waals surface area contributed by atoms with Crippen molar-refractivity contribution in [3.63, 3.8) is 0 Å². The Hall–Kier alpha value is -2.69. The Kier molecular flexibility index (Phi) is 4.23. The minimum atomic E-state index is -0.516. The van der Waals surface area contributed by atoms with E-state index in [2.05, 4.69) is 10.6 Å². The standard InChI is InChI=1S/C21H21FN2O2/c22-17-7-5-16(6-8-17)21(11-12-21)20(26)23-13-14-1-3-15(4-2-14)19(25)24-18-9-10-18/h1-8,18H,9-13H2,(H,23,26)(H,24,25). The molecule has 0 spiro atoms. The first-order valence-electron chi connectivity index (χ1n) is 9.01. The minimum Gasteiger partial charge on any atom is -0.351 e. The van der Waals surface area contributed by atoms with Crippen LogP contribution in [-0.2, 0) is 16.8 Å². The fourth-order valence-electron chi connectivity index (χ4n) is 3.16. The third kappa shape index (κ3) is 3.47. The van der Waals surface area contributed by atoms with Crippen LogP contribution in [0.1, 0.15) is 47.2 Å². The number of hydrogen-bond acceptors (Lipinski definition) is 2. The topological polar surface area (TPSA) is 58.2 Å². The number of carbonyl (C=O) groups excluding carboxylic acids is 2. The van der Waals surface area contributed by atoms with Crippen molar-refractivity contribution in [3.8, 4) is 0 Å². The summed E-state index contributed by atoms with van der Waals surface area (Å²) in [6.45, 7) is 0.409. The van der Waals surface area contributed by atoms with E-state index in [-0.39, 0.29) is 17.6 Å². The lowest BCUT2D eigenvalue weighted by Crippen LogP contribution is -2.34. The predicted molar refractivity (Wildman–Crippen MR) is 96.1 cm³/mol. The zero-order valence-electron chi connectivity index (χ0n) is 14.4. The summed E-state index contributed by atoms with van der Waals surface area (Å²) in [5.74, 6) is -0.369. The smallest absolute Gasteiger partial charge is 0.251 e. The van der Waals surface area contributed by atoms with Crippen molar-refractivity contribution in [3.05, 3.63) is 71.0 Å². The van der Waals surface area contributed by atoms with Crippen molar-refractivity contribution in [2.24, 2.45) is 0 Å². The first-order chi connectivity index (χ1) is 12.6. The second-order valence-electron chi connectivity index (χ2n) is 7.22. The Morgan fingerprint density at radius 3 is 2.23 bits per heavy atom. The van der Waals surface area contributed by atoms with E-state index < -0.39 is 5.41 Å². The van der Waals surface area contributed by atoms with Crippen molar-refractivity contribution < 1.29 is 14.0 Å². The lowest BCUT2D eigenvalue weighted by Gasteiger charge is -2.16. The number of benzene rings is 2. The van der Waals surface area contributed by atoms with Crippen LogP contribution in [0.3, 0.4) is 0 Å². The average molecular weight is 352 g/mol. The highest BCUT2D eigenvalue weighted by atomic mass is 19.1. The number of carbonyl (C=O) groups is 2. The molecule has 2 aliphatic carbocycles. The van der Waals surface area contributed by atoms with Crippen LogP contribution >= 0.6 is 0 Å². The molecule has 0 radical (unpaired) electrons. The minimum absolute atomic E-state index is 0.0281. The average Bonchev–Trinajstić information content (AvgIpc) is 3.56. The molecule has 5 heteroatoms. The lowest BCUT2D eigenvalue weighted by molar-refractivity contribution is -0.123. The van der Waals surface area contributed by atoms with Gasteiger partial charge in [0.05, 0.1) is 5.41 Å². The maximum absolute atomic E-state index is 13.1. The zero-order chi connectivity index (χ0) is 18.1. The molecule has 0 saturated heterocycles. The van der Waals surface area contributed by atoms with Gasteiger partial charge in [0.1, 0.15) is 5.82 Å². The van der Waals surface area contributed by atoms with Gasteiger partial charge >= 0.3 is 0 Å². The van der Waals surface area contributed by atoms with Crippen LogP contribution < -0.4 is 10.6 Å². The summed E-state index contributed by atoms with van der Waals surface area (Å²) in [6, 6.07) is 13.8. The normalized spacial score (nSPS) is 17.4. The largest absolute Gasteiger partial charge is 0.351 e. The molecule has 0 heterocycles. The van der Waals surface area contributed by atoms with Crippen molar-refractivity contribution in [2.75, 3.05) is 0 Å². The maximum Gasteiger partial charge on any atom is 0.251 e. The summed E-state index contributed by atoms with van der Waals surface area (Å²) in [6.07, 6.45) is 3.69. The monoisotopic (exact) mass is 352 g/mol. The first-order valence-corrected chi connectivity index (χ1v) is 9.01. The van der Waals surface area contributed by atoms with E-state index in [1.165, 1.54) is 12.1 Å². The van der Waals surface area contributed by atoms with E-state index in [1.807, 2.05) is 12.1 Å². The quantitative estimate of drug-likeness (QED) is 0.839. The molecule has 2 aliphatic rings. The Balaban J connectivity index is 1.35. The summed E-state index contributed by atoms with van der Waals surface area (Å²) >= 11 is 0. The van der Waals surface area contributed by atoms with E-state index in [0.717, 1.165) is 36.8 Å². The number of rotatable bonds is 6. The molecule has 0 unspecified atom stereocenters. The molecule has 134 valence electrons. The summed E-state index contributed by atoms with van der Waals surface area (Å²) in [7, 11) is 0. The van der Waals surface area contributed by atoms with E-state index in [9.17, 15) is 14.0 Å². The molecule has 2 N–H and O–H groups in total. The van der Waals surface area contributed by atoms with Crippen LogP contribution in [0.25, 0.3) is 0 Å². The summed E-state index contributed by atoms with van der Waals surface area (Å²) in [5.41, 5.74) is 1.93. The highest BCUT2D eigenvalue weighted by Gasteiger charge is 2.51. The van der Waals surface area contributed by atoms with Gasteiger partial charge in [0.25, 0.3) is 5.91 Å². The summed E-state index contributed by atoms with van der Waals surface area (Å²) < 4.78 is 13.1. The van der Waals surface area contributed by atoms with Gasteiger partial charge in [-0.05, 0) is 61.1 Å². The molecule has 0 aromatic heterocycles. The molecule has 2 saturated carbocycles. The zero-order valence-corrected chi connectivity index (χ0v) is 14.4. The van der Waals surface area contributed by atoms with Crippen LogP contribution in [0, 0.1) is 5.82 Å². The third-order valence-electron chi connectivity index (χ3n) is 5.16. The first kappa shape index (κ1) is 16.8. The molecule has 0 atom stereocenters. The van der Waals surface area contributed by atoms with E-state index in [0.29, 0.717) is 18.2 Å². The predicted octanol–water partition coefficient (Wildman–Crippen LogP) is 3.07. The molecular weight excluding hydrogens is 331 g/mol. The molecule has 2 aromatic carbocycles. The molecular formula is C21H21FN2O2. The molecule has 4 rings (SSSR count). The van der Waals surface area contributed by atoms with Gasteiger partial charge < -0.3 is 10.6 Å². The van der Waals surface area contributed by atoms with E-state index >= 15 is 0 Å². The van der Waals surface area contributed by atoms with Crippen LogP contribution in [0.4, 0.5) is 4.39 Å². The number of nitrogens with one attached hydrogen (secondary N) is 2. The SMILES string of the molecule is O=C(NC1CC1)c1ccc(CNC(=O)C2(c3ccc(F)cc3)CC2)cc1. The summed E-state index contributed by atoms with van der Waals surface area (Å²) in [4.78, 5) is 24.6. The van der Waals surface area contributed by atoms with Gasteiger partial charge in [0.2, 0.25) is 5.91 Å². The van der Waals surface area contributed by atoms with Crippen molar-refractivity contribution >= 4 is 11.8 Å². The van der Waals surface area contributed by atoms with Crippen LogP contribution in [0.5, 0.6) is 0 Å². The number of halogens is 1. The Bertz CT molecular complexity index is 822. The van der Waals surface area contributed by atoms with Gasteiger partial charge in [-0.3, -0.25) is 9.59 Å². The molecule has 0 bridgehead atoms. The van der Waals surface area contributed by atoms with Gasteiger partial charge in [0.15, 0.2) is 0 Å². The van der Waals surface area contributed by atoms with Gasteiger partial charge in [-0.1, -0.05) is 24.3 Å². The van der Waals surface area contributed by atoms with Gasteiger partial charge in [-0.25, -0.2) is 4.39 Å². The van der Waals surface area contributed by atoms with Crippen molar-refractivity contribution in [1.29, 1.82) is 0 Å². The Labute approximate surface area is 151 Å². The van der Waals surface area contributed by atoms with Crippen LogP contribution in [0.2, 0.25) is 0 Å². The maximum atomic E-state index is 13.1. The molecule has 0 aliphatic heterocycles. The number of hydrogen-bond donors (Lipinski definition) is 2. The molecule has 26 heavy (non-hydrogen) atoms. The Morgan fingerprint density at radius 1 is 1.00 bits per heavy atom. The van der Waals surface area contributed by atoms with Gasteiger partial charge in [-0.2, -0.15) is 0 Å². The molecule has 2 amide bonds. The second kappa shape index (κ2) is 6.56. The molecule has 4 nitrogen and oxygen atoms in total. The van der Waals surface area contributed by atoms with E-state index in [1.54, 1.807) is 24.3 Å². The van der Waals surface area contributed by atoms with Crippen molar-refractivity contribution in [1.82, 2.24) is 10.6 Å². The summed E-state index contributed by atoms with van der Waals surface area (Å²) in [5, 5.41) is 5.93. The lowest BCUT2D eigenvalue weighted by atomic mass is 9.95. The fraction of sp³-hybridized carbons (Fsp3) is 0.333. The third-order valence-corrected chi connectivity index (χ3v) is 5.16.